The first kappa shape index (κ1) is 53.0. The van der Waals surface area contributed by atoms with Crippen LogP contribution in [0.1, 0.15) is 322 Å². The molecule has 0 amide bonds. The summed E-state index contributed by atoms with van der Waals surface area (Å²) < 4.78 is 0. The summed E-state index contributed by atoms with van der Waals surface area (Å²) in [4.78, 5) is 0. The molecule has 0 aliphatic rings. The van der Waals surface area contributed by atoms with E-state index in [0.717, 1.165) is 0 Å². The zero-order valence-electron chi connectivity index (χ0n) is 37.9. The first-order chi connectivity index (χ1) is 26.4. The van der Waals surface area contributed by atoms with E-state index in [1.165, 1.54) is 321 Å². The van der Waals surface area contributed by atoms with Crippen LogP contribution in [0.5, 0.6) is 0 Å². The third kappa shape index (κ3) is 52.0. The Morgan fingerprint density at radius 2 is 0.264 bits per heavy atom. The Balaban J connectivity index is 3.05. The van der Waals surface area contributed by atoms with Crippen LogP contribution in [0.2, 0.25) is 0 Å². The Bertz CT molecular complexity index is 536. The van der Waals surface area contributed by atoms with E-state index in [0.29, 0.717) is 0 Å². The molecule has 0 saturated carbocycles. The van der Waals surface area contributed by atoms with Crippen LogP contribution in [0.3, 0.4) is 0 Å². The second-order valence-corrected chi connectivity index (χ2v) is 18.0. The van der Waals surface area contributed by atoms with Crippen molar-refractivity contribution in [3.63, 3.8) is 0 Å². The van der Waals surface area contributed by atoms with Gasteiger partial charge in [-0.05, 0) is 25.9 Å². The highest BCUT2D eigenvalue weighted by atomic mass is 14.8. The summed E-state index contributed by atoms with van der Waals surface area (Å²) in [5.74, 6) is 0. The quantitative estimate of drug-likeness (QED) is 0.0612. The second kappa shape index (κ2) is 52.0. The number of unbranched alkanes of at least 4 members (excludes halogenated alkanes) is 46. The molecule has 320 valence electrons. The zero-order chi connectivity index (χ0) is 38.1. The Morgan fingerprint density at radius 3 is 0.396 bits per heavy atom. The fourth-order valence-corrected chi connectivity index (χ4v) is 8.55. The maximum Gasteiger partial charge on any atom is -0.00489 e. The molecule has 0 heterocycles. The van der Waals surface area contributed by atoms with Gasteiger partial charge in [-0.1, -0.05) is 309 Å². The molecule has 1 nitrogen and oxygen atoms in total. The van der Waals surface area contributed by atoms with Crippen molar-refractivity contribution in [1.82, 2.24) is 5.32 Å². The Hall–Kier alpha value is -0.0400. The molecule has 0 bridgehead atoms. The average molecular weight is 746 g/mol. The Morgan fingerprint density at radius 1 is 0.151 bits per heavy atom. The fourth-order valence-electron chi connectivity index (χ4n) is 8.55. The zero-order valence-corrected chi connectivity index (χ0v) is 37.9. The normalized spacial score (nSPS) is 11.7. The molecule has 1 N–H and O–H groups in total. The highest BCUT2D eigenvalue weighted by Crippen LogP contribution is 2.17. The summed E-state index contributed by atoms with van der Waals surface area (Å²) in [6.45, 7) is 7.12. The lowest BCUT2D eigenvalue weighted by molar-refractivity contribution is 0.510. The monoisotopic (exact) mass is 746 g/mol. The van der Waals surface area contributed by atoms with E-state index in [9.17, 15) is 0 Å². The third-order valence-corrected chi connectivity index (χ3v) is 12.4. The van der Waals surface area contributed by atoms with Gasteiger partial charge in [0.25, 0.3) is 0 Å². The number of nitrogens with one attached hydrogen (secondary N) is 1. The number of rotatable bonds is 50. The van der Waals surface area contributed by atoms with E-state index in [2.05, 4.69) is 19.2 Å². The average Bonchev–Trinajstić information content (AvgIpc) is 3.17. The highest BCUT2D eigenvalue weighted by Gasteiger charge is 1.99. The van der Waals surface area contributed by atoms with E-state index in [4.69, 9.17) is 0 Å². The van der Waals surface area contributed by atoms with Crippen LogP contribution in [-0.2, 0) is 0 Å². The van der Waals surface area contributed by atoms with Gasteiger partial charge in [0.15, 0.2) is 0 Å². The van der Waals surface area contributed by atoms with Crippen LogP contribution in [0, 0.1) is 0 Å². The molecule has 53 heavy (non-hydrogen) atoms. The van der Waals surface area contributed by atoms with E-state index in [-0.39, 0.29) is 0 Å². The van der Waals surface area contributed by atoms with Crippen molar-refractivity contribution < 1.29 is 0 Å². The van der Waals surface area contributed by atoms with Crippen molar-refractivity contribution >= 4 is 0 Å². The fraction of sp³-hybridized carbons (Fsp3) is 1.00. The first-order valence-corrected chi connectivity index (χ1v) is 26.1. The topological polar surface area (TPSA) is 12.0 Å². The molecule has 0 saturated heterocycles. The standard InChI is InChI=1S/C52H107N/c1-3-5-7-9-11-13-15-17-19-21-23-25-27-29-31-33-35-37-39-41-43-45-47-49-51-53-52-50-48-46-44-42-40-38-36-34-32-30-28-26-24-22-20-18-16-14-12-10-8-6-4-2/h53H,3-52H2,1-2H3. The van der Waals surface area contributed by atoms with Gasteiger partial charge in [0.2, 0.25) is 0 Å². The molecule has 0 spiro atoms. The maximum absolute atomic E-state index is 3.72. The molecule has 0 rings (SSSR count). The van der Waals surface area contributed by atoms with Crippen LogP contribution in [0.4, 0.5) is 0 Å². The van der Waals surface area contributed by atoms with Gasteiger partial charge < -0.3 is 5.32 Å². The molecular formula is C52H107N. The SMILES string of the molecule is CCCCCCCCCCCCCCCCCCCCCCCCCCNCCCCCCCCCCCCCCCCCCCCCCCCCC. The first-order valence-electron chi connectivity index (χ1n) is 26.1. The van der Waals surface area contributed by atoms with Gasteiger partial charge >= 0.3 is 0 Å². The second-order valence-electron chi connectivity index (χ2n) is 18.0. The smallest absolute Gasteiger partial charge is 0.00489 e. The summed E-state index contributed by atoms with van der Waals surface area (Å²) in [7, 11) is 0. The summed E-state index contributed by atoms with van der Waals surface area (Å²) in [5, 5.41) is 3.72. The van der Waals surface area contributed by atoms with Crippen molar-refractivity contribution in [2.45, 2.75) is 322 Å². The van der Waals surface area contributed by atoms with Crippen molar-refractivity contribution in [2.75, 3.05) is 13.1 Å². The van der Waals surface area contributed by atoms with Crippen LogP contribution in [-0.4, -0.2) is 13.1 Å². The lowest BCUT2D eigenvalue weighted by Gasteiger charge is -2.06. The Labute approximate surface area is 339 Å². The number of hydrogen-bond acceptors (Lipinski definition) is 1. The predicted octanol–water partition coefficient (Wildman–Crippen LogP) is 19.3. The molecule has 0 aromatic carbocycles. The maximum atomic E-state index is 3.72. The summed E-state index contributed by atoms with van der Waals surface area (Å²) in [6, 6.07) is 0. The minimum absolute atomic E-state index is 1.25. The van der Waals surface area contributed by atoms with Crippen molar-refractivity contribution in [3.05, 3.63) is 0 Å². The van der Waals surface area contributed by atoms with Crippen LogP contribution in [0.15, 0.2) is 0 Å². The molecule has 0 fully saturated rings. The lowest BCUT2D eigenvalue weighted by atomic mass is 10.0. The molecule has 0 aromatic heterocycles. The molecule has 0 aliphatic carbocycles. The summed E-state index contributed by atoms with van der Waals surface area (Å²) >= 11 is 0. The molecule has 0 unspecified atom stereocenters. The van der Waals surface area contributed by atoms with Crippen LogP contribution >= 0.6 is 0 Å². The van der Waals surface area contributed by atoms with Gasteiger partial charge in [0.1, 0.15) is 0 Å². The minimum Gasteiger partial charge on any atom is -0.317 e. The molecule has 0 aliphatic heterocycles. The third-order valence-electron chi connectivity index (χ3n) is 12.4. The highest BCUT2D eigenvalue weighted by molar-refractivity contribution is 4.55. The summed E-state index contributed by atoms with van der Waals surface area (Å²) in [5.41, 5.74) is 0. The molecule has 0 radical (unpaired) electrons. The minimum atomic E-state index is 1.25. The summed E-state index contributed by atoms with van der Waals surface area (Å²) in [6.07, 6.45) is 70.7. The van der Waals surface area contributed by atoms with Gasteiger partial charge in [-0.3, -0.25) is 0 Å². The van der Waals surface area contributed by atoms with E-state index in [1.807, 2.05) is 0 Å². The van der Waals surface area contributed by atoms with Gasteiger partial charge in [0.05, 0.1) is 0 Å². The van der Waals surface area contributed by atoms with E-state index >= 15 is 0 Å². The van der Waals surface area contributed by atoms with Gasteiger partial charge in [-0.2, -0.15) is 0 Å². The number of hydrogen-bond donors (Lipinski definition) is 1. The molecule has 1 heteroatoms. The Kier molecular flexibility index (Phi) is 51.9. The van der Waals surface area contributed by atoms with E-state index < -0.39 is 0 Å². The van der Waals surface area contributed by atoms with Crippen LogP contribution < -0.4 is 5.32 Å². The predicted molar refractivity (Wildman–Crippen MR) is 246 cm³/mol. The molecule has 0 atom stereocenters. The molecular weight excluding hydrogens is 639 g/mol. The lowest BCUT2D eigenvalue weighted by Crippen LogP contribution is -2.16. The van der Waals surface area contributed by atoms with E-state index in [1.54, 1.807) is 0 Å². The largest absolute Gasteiger partial charge is 0.317 e. The van der Waals surface area contributed by atoms with Crippen molar-refractivity contribution in [2.24, 2.45) is 0 Å². The van der Waals surface area contributed by atoms with Gasteiger partial charge in [-0.25, -0.2) is 0 Å². The van der Waals surface area contributed by atoms with Gasteiger partial charge in [0, 0.05) is 0 Å². The van der Waals surface area contributed by atoms with Crippen molar-refractivity contribution in [1.29, 1.82) is 0 Å². The molecule has 0 aromatic rings. The van der Waals surface area contributed by atoms with Gasteiger partial charge in [-0.15, -0.1) is 0 Å². The van der Waals surface area contributed by atoms with Crippen molar-refractivity contribution in [3.8, 4) is 0 Å². The van der Waals surface area contributed by atoms with Crippen LogP contribution in [0.25, 0.3) is 0 Å².